The van der Waals surface area contributed by atoms with Gasteiger partial charge in [-0.3, -0.25) is 0 Å². The average Bonchev–Trinajstić information content (AvgIpc) is 3.36. The fraction of sp³-hybridized carbons (Fsp3) is 0.839. The molecule has 0 amide bonds. The first kappa shape index (κ1) is 25.0. The molecule has 5 aliphatic carbocycles. The topological polar surface area (TPSA) is 0 Å². The molecule has 0 aromatic rings. The van der Waals surface area contributed by atoms with Gasteiger partial charge in [0, 0.05) is 5.92 Å². The Kier molecular flexibility index (Phi) is 9.50. The second-order valence-corrected chi connectivity index (χ2v) is 18.0. The second kappa shape index (κ2) is 12.5. The summed E-state index contributed by atoms with van der Waals surface area (Å²) in [6.07, 6.45) is 38.4. The summed E-state index contributed by atoms with van der Waals surface area (Å²) in [5, 5.41) is 1.93. The lowest BCUT2D eigenvalue weighted by Gasteiger charge is -2.46. The lowest BCUT2D eigenvalue weighted by Crippen LogP contribution is -2.29. The van der Waals surface area contributed by atoms with Gasteiger partial charge in [-0.05, 0) is 85.0 Å². The Bertz CT molecular complexity index is 606. The number of hydrogen-bond donors (Lipinski definition) is 0. The zero-order chi connectivity index (χ0) is 22.5. The van der Waals surface area contributed by atoms with Gasteiger partial charge in [-0.1, -0.05) is 118 Å². The minimum absolute atomic E-state index is 0.0424. The molecule has 0 nitrogen and oxygen atoms in total. The molecule has 4 fully saturated rings. The van der Waals surface area contributed by atoms with E-state index in [4.69, 9.17) is 0 Å². The van der Waals surface area contributed by atoms with Crippen LogP contribution in [0.4, 0.5) is 0 Å². The Morgan fingerprint density at radius 1 is 0.576 bits per heavy atom. The quantitative estimate of drug-likeness (QED) is 0.315. The van der Waals surface area contributed by atoms with Crippen molar-refractivity contribution in [2.75, 3.05) is 0 Å². The summed E-state index contributed by atoms with van der Waals surface area (Å²) in [7, 11) is 0.168. The van der Waals surface area contributed by atoms with E-state index in [1.807, 2.05) is 11.2 Å². The van der Waals surface area contributed by atoms with Crippen LogP contribution in [0.3, 0.4) is 0 Å². The third kappa shape index (κ3) is 6.02. The largest absolute Gasteiger partial charge is 0.0962 e. The van der Waals surface area contributed by atoms with Crippen LogP contribution in [0.15, 0.2) is 23.5 Å². The van der Waals surface area contributed by atoms with Crippen molar-refractivity contribution in [1.82, 2.24) is 0 Å². The van der Waals surface area contributed by atoms with Crippen LogP contribution in [0, 0.1) is 5.92 Å². The Hall–Kier alpha value is 0.340. The molecule has 0 spiro atoms. The monoisotopic (exact) mass is 485 g/mol. The van der Waals surface area contributed by atoms with Crippen LogP contribution in [0.2, 0.25) is 0 Å². The van der Waals surface area contributed by atoms with Gasteiger partial charge >= 0.3 is 0 Å². The minimum atomic E-state index is 0.0424. The van der Waals surface area contributed by atoms with Gasteiger partial charge in [-0.25, -0.2) is 0 Å². The summed E-state index contributed by atoms with van der Waals surface area (Å²) in [6.45, 7) is 2.73. The highest BCUT2D eigenvalue weighted by molar-refractivity contribution is 7.64. The molecule has 5 aliphatic rings. The smallest absolute Gasteiger partial charge is 0.0342 e. The number of rotatable bonds is 7. The maximum atomic E-state index is 2.73. The first-order valence-electron chi connectivity index (χ1n) is 15.1. The number of hydrogen-bond acceptors (Lipinski definition) is 0. The molecule has 0 aromatic carbocycles. The van der Waals surface area contributed by atoms with Crippen LogP contribution < -0.4 is 0 Å². The van der Waals surface area contributed by atoms with Gasteiger partial charge in [0.2, 0.25) is 0 Å². The van der Waals surface area contributed by atoms with E-state index in [-0.39, 0.29) is 15.8 Å². The van der Waals surface area contributed by atoms with E-state index in [2.05, 4.69) is 25.2 Å². The van der Waals surface area contributed by atoms with Crippen molar-refractivity contribution in [2.45, 2.75) is 164 Å². The van der Waals surface area contributed by atoms with Crippen molar-refractivity contribution in [3.63, 3.8) is 0 Å². The highest BCUT2D eigenvalue weighted by Gasteiger charge is 2.43. The van der Waals surface area contributed by atoms with Crippen molar-refractivity contribution in [2.24, 2.45) is 0 Å². The molecule has 185 valence electrons. The van der Waals surface area contributed by atoms with Gasteiger partial charge in [0.15, 0.2) is 0 Å². The first-order chi connectivity index (χ1) is 16.3. The molecule has 0 aromatic heterocycles. The highest BCUT2D eigenvalue weighted by atomic mass is 31.1. The molecular formula is C31H51P2. The SMILES string of the molecule is C[C@@H]([C]1C=CC=C1P(C1CCCCC1)C1CCCCC1)P(C1CCCCC1)C1CCCCC1. The van der Waals surface area contributed by atoms with E-state index >= 15 is 0 Å². The fourth-order valence-corrected chi connectivity index (χ4v) is 16.8. The summed E-state index contributed by atoms with van der Waals surface area (Å²) in [5.41, 5.74) is 5.09. The predicted molar refractivity (Wildman–Crippen MR) is 151 cm³/mol. The molecule has 0 heterocycles. The molecule has 5 rings (SSSR count). The highest BCUT2D eigenvalue weighted by Crippen LogP contribution is 2.69. The summed E-state index contributed by atoms with van der Waals surface area (Å²) < 4.78 is 0. The normalized spacial score (nSPS) is 28.6. The van der Waals surface area contributed by atoms with Crippen molar-refractivity contribution in [3.8, 4) is 0 Å². The maximum Gasteiger partial charge on any atom is 0.0342 e. The molecule has 0 bridgehead atoms. The van der Waals surface area contributed by atoms with Gasteiger partial charge < -0.3 is 0 Å². The molecule has 4 saturated carbocycles. The van der Waals surface area contributed by atoms with Gasteiger partial charge in [0.1, 0.15) is 0 Å². The Morgan fingerprint density at radius 2 is 0.970 bits per heavy atom. The summed E-state index contributed by atoms with van der Waals surface area (Å²) in [4.78, 5) is 0. The second-order valence-electron chi connectivity index (χ2n) is 12.1. The predicted octanol–water partition coefficient (Wildman–Crippen LogP) is 10.7. The van der Waals surface area contributed by atoms with Crippen molar-refractivity contribution in [3.05, 3.63) is 29.5 Å². The third-order valence-corrected chi connectivity index (χ3v) is 17.4. The zero-order valence-corrected chi connectivity index (χ0v) is 23.4. The molecule has 2 heteroatoms. The maximum absolute atomic E-state index is 2.73. The van der Waals surface area contributed by atoms with Crippen LogP contribution in [0.1, 0.15) is 135 Å². The summed E-state index contributed by atoms with van der Waals surface area (Å²) in [6, 6.07) is 0. The third-order valence-electron chi connectivity index (χ3n) is 9.93. The van der Waals surface area contributed by atoms with Gasteiger partial charge in [-0.2, -0.15) is 0 Å². The molecule has 0 saturated heterocycles. The molecular weight excluding hydrogens is 434 g/mol. The van der Waals surface area contributed by atoms with Crippen LogP contribution in [0.5, 0.6) is 0 Å². The van der Waals surface area contributed by atoms with Gasteiger partial charge in [0.25, 0.3) is 0 Å². The van der Waals surface area contributed by atoms with Crippen LogP contribution in [-0.2, 0) is 0 Å². The molecule has 33 heavy (non-hydrogen) atoms. The summed E-state index contributed by atoms with van der Waals surface area (Å²) in [5.74, 6) is 1.87. The zero-order valence-electron chi connectivity index (χ0n) is 21.7. The average molecular weight is 486 g/mol. The van der Waals surface area contributed by atoms with Crippen LogP contribution in [-0.4, -0.2) is 28.3 Å². The van der Waals surface area contributed by atoms with E-state index in [9.17, 15) is 0 Å². The van der Waals surface area contributed by atoms with E-state index in [1.165, 1.54) is 77.0 Å². The molecule has 1 radical (unpaired) electrons. The van der Waals surface area contributed by atoms with E-state index < -0.39 is 0 Å². The van der Waals surface area contributed by atoms with E-state index in [1.54, 1.807) is 51.4 Å². The molecule has 0 aliphatic heterocycles. The first-order valence-corrected chi connectivity index (χ1v) is 18.2. The number of allylic oxidation sites excluding steroid dienone is 4. The molecule has 0 unspecified atom stereocenters. The van der Waals surface area contributed by atoms with Gasteiger partial charge in [0.05, 0.1) is 0 Å². The Labute approximate surface area is 208 Å². The Balaban J connectivity index is 1.39. The van der Waals surface area contributed by atoms with Crippen LogP contribution in [0.25, 0.3) is 0 Å². The summed E-state index contributed by atoms with van der Waals surface area (Å²) >= 11 is 0. The van der Waals surface area contributed by atoms with E-state index in [0.717, 1.165) is 28.3 Å². The fourth-order valence-electron chi connectivity index (χ4n) is 8.27. The molecule has 0 N–H and O–H groups in total. The molecule has 1 atom stereocenters. The lowest BCUT2D eigenvalue weighted by atomic mass is 9.99. The van der Waals surface area contributed by atoms with Crippen molar-refractivity contribution in [1.29, 1.82) is 0 Å². The van der Waals surface area contributed by atoms with E-state index in [0.29, 0.717) is 0 Å². The Morgan fingerprint density at radius 3 is 1.39 bits per heavy atom. The van der Waals surface area contributed by atoms with Crippen LogP contribution >= 0.6 is 15.8 Å². The van der Waals surface area contributed by atoms with Crippen molar-refractivity contribution < 1.29 is 0 Å². The lowest BCUT2D eigenvalue weighted by molar-refractivity contribution is 0.481. The minimum Gasteiger partial charge on any atom is -0.0962 e. The van der Waals surface area contributed by atoms with Crippen molar-refractivity contribution >= 4 is 15.8 Å². The standard InChI is InChI=1S/C31H51P2/c1-25(32(26-15-6-2-7-16-26)27-17-8-3-9-18-27)30-23-14-24-31(30)33(28-19-10-4-11-20-28)29-21-12-5-13-22-29/h14,23-29H,2-13,15-22H2,1H3/t25-/m0/s1. The van der Waals surface area contributed by atoms with Gasteiger partial charge in [-0.15, -0.1) is 0 Å².